The van der Waals surface area contributed by atoms with E-state index in [-0.39, 0.29) is 13.1 Å². The predicted molar refractivity (Wildman–Crippen MR) is 60.3 cm³/mol. The summed E-state index contributed by atoms with van der Waals surface area (Å²) in [4.78, 5) is -1.18. The zero-order chi connectivity index (χ0) is 14.2. The fourth-order valence-electron chi connectivity index (χ4n) is 2.04. The Labute approximate surface area is 108 Å². The molecule has 1 atom stereocenters. The standard InChI is InChI=1S/C11H12F3NO3S/c12-7-4-9(13)11(10(14)5-7)19(17,18)15-3-1-2-8(16)6-15/h4-5,8,16H,1-3,6H2/t8-/m0/s1. The van der Waals surface area contributed by atoms with Crippen LogP contribution in [-0.2, 0) is 10.0 Å². The number of aliphatic hydroxyl groups excluding tert-OH is 1. The second kappa shape index (κ2) is 5.10. The lowest BCUT2D eigenvalue weighted by Gasteiger charge is -2.29. The van der Waals surface area contributed by atoms with E-state index in [4.69, 9.17) is 0 Å². The molecule has 1 aliphatic rings. The molecule has 0 aliphatic carbocycles. The van der Waals surface area contributed by atoms with Crippen molar-refractivity contribution in [3.8, 4) is 0 Å². The third-order valence-corrected chi connectivity index (χ3v) is 4.84. The molecule has 0 spiro atoms. The fraction of sp³-hybridized carbons (Fsp3) is 0.455. The molecule has 0 bridgehead atoms. The topological polar surface area (TPSA) is 57.6 Å². The molecule has 106 valence electrons. The summed E-state index contributed by atoms with van der Waals surface area (Å²) in [5.74, 6) is -4.14. The van der Waals surface area contributed by atoms with E-state index in [9.17, 15) is 26.7 Å². The number of piperidine rings is 1. The van der Waals surface area contributed by atoms with Crippen LogP contribution in [0.15, 0.2) is 17.0 Å². The highest BCUT2D eigenvalue weighted by Crippen LogP contribution is 2.26. The first-order chi connectivity index (χ1) is 8.82. The van der Waals surface area contributed by atoms with Crippen molar-refractivity contribution in [2.45, 2.75) is 23.8 Å². The van der Waals surface area contributed by atoms with Crippen molar-refractivity contribution < 1.29 is 26.7 Å². The highest BCUT2D eigenvalue weighted by Gasteiger charge is 2.34. The van der Waals surface area contributed by atoms with Crippen LogP contribution in [0.5, 0.6) is 0 Å². The normalized spacial score (nSPS) is 21.6. The molecule has 19 heavy (non-hydrogen) atoms. The smallest absolute Gasteiger partial charge is 0.249 e. The minimum Gasteiger partial charge on any atom is -0.392 e. The van der Waals surface area contributed by atoms with E-state index in [0.29, 0.717) is 25.0 Å². The molecule has 1 aromatic rings. The van der Waals surface area contributed by atoms with Gasteiger partial charge in [0.25, 0.3) is 0 Å². The van der Waals surface area contributed by atoms with Gasteiger partial charge in [-0.3, -0.25) is 0 Å². The third kappa shape index (κ3) is 2.75. The Morgan fingerprint density at radius 3 is 2.32 bits per heavy atom. The monoisotopic (exact) mass is 295 g/mol. The van der Waals surface area contributed by atoms with Gasteiger partial charge in [0.1, 0.15) is 17.5 Å². The van der Waals surface area contributed by atoms with E-state index in [1.807, 2.05) is 0 Å². The predicted octanol–water partition coefficient (Wildman–Crippen LogP) is 1.25. The maximum absolute atomic E-state index is 13.5. The molecular formula is C11H12F3NO3S. The quantitative estimate of drug-likeness (QED) is 0.893. The molecule has 1 aromatic carbocycles. The molecule has 8 heteroatoms. The summed E-state index contributed by atoms with van der Waals surface area (Å²) in [7, 11) is -4.42. The lowest BCUT2D eigenvalue weighted by atomic mass is 10.1. The summed E-state index contributed by atoms with van der Waals surface area (Å²) in [5.41, 5.74) is 0. The van der Waals surface area contributed by atoms with Gasteiger partial charge in [-0.15, -0.1) is 0 Å². The Kier molecular flexibility index (Phi) is 3.84. The molecule has 1 aliphatic heterocycles. The molecule has 0 unspecified atom stereocenters. The second-order valence-electron chi connectivity index (χ2n) is 4.36. The Morgan fingerprint density at radius 2 is 1.79 bits per heavy atom. The minimum atomic E-state index is -4.42. The number of hydrogen-bond donors (Lipinski definition) is 1. The van der Waals surface area contributed by atoms with Crippen LogP contribution in [0.2, 0.25) is 0 Å². The van der Waals surface area contributed by atoms with Crippen molar-refractivity contribution in [2.75, 3.05) is 13.1 Å². The van der Waals surface area contributed by atoms with E-state index < -0.39 is 38.5 Å². The lowest BCUT2D eigenvalue weighted by Crippen LogP contribution is -2.42. The van der Waals surface area contributed by atoms with Gasteiger partial charge < -0.3 is 5.11 Å². The average Bonchev–Trinajstić information content (AvgIpc) is 2.26. The van der Waals surface area contributed by atoms with Crippen LogP contribution in [0.3, 0.4) is 0 Å². The summed E-state index contributed by atoms with van der Waals surface area (Å²) in [5, 5.41) is 9.42. The Bertz CT molecular complexity index is 568. The van der Waals surface area contributed by atoms with Crippen molar-refractivity contribution in [1.29, 1.82) is 0 Å². The van der Waals surface area contributed by atoms with Gasteiger partial charge in [0.15, 0.2) is 4.90 Å². The number of hydrogen-bond acceptors (Lipinski definition) is 3. The van der Waals surface area contributed by atoms with Crippen molar-refractivity contribution >= 4 is 10.0 Å². The van der Waals surface area contributed by atoms with Crippen LogP contribution in [0.4, 0.5) is 13.2 Å². The van der Waals surface area contributed by atoms with E-state index in [0.717, 1.165) is 4.31 Å². The summed E-state index contributed by atoms with van der Waals surface area (Å²) in [6, 6.07) is 0.632. The molecule has 2 rings (SSSR count). The van der Waals surface area contributed by atoms with Gasteiger partial charge in [-0.25, -0.2) is 21.6 Å². The molecule has 1 heterocycles. The fourth-order valence-corrected chi connectivity index (χ4v) is 3.65. The van der Waals surface area contributed by atoms with E-state index in [1.54, 1.807) is 0 Å². The number of aliphatic hydroxyl groups is 1. The summed E-state index contributed by atoms with van der Waals surface area (Å²) < 4.78 is 64.8. The van der Waals surface area contributed by atoms with Crippen LogP contribution in [-0.4, -0.2) is 37.0 Å². The van der Waals surface area contributed by atoms with Gasteiger partial charge >= 0.3 is 0 Å². The summed E-state index contributed by atoms with van der Waals surface area (Å²) >= 11 is 0. The maximum Gasteiger partial charge on any atom is 0.249 e. The molecule has 1 N–H and O–H groups in total. The minimum absolute atomic E-state index is 0.0651. The van der Waals surface area contributed by atoms with Crippen molar-refractivity contribution in [3.05, 3.63) is 29.6 Å². The van der Waals surface area contributed by atoms with Gasteiger partial charge in [-0.2, -0.15) is 4.31 Å². The zero-order valence-electron chi connectivity index (χ0n) is 9.81. The summed E-state index contributed by atoms with van der Waals surface area (Å²) in [6.45, 7) is -0.158. The molecular weight excluding hydrogens is 283 g/mol. The Balaban J connectivity index is 2.45. The van der Waals surface area contributed by atoms with E-state index >= 15 is 0 Å². The van der Waals surface area contributed by atoms with Crippen molar-refractivity contribution in [2.24, 2.45) is 0 Å². The van der Waals surface area contributed by atoms with Crippen molar-refractivity contribution in [3.63, 3.8) is 0 Å². The SMILES string of the molecule is O=S(=O)(c1c(F)cc(F)cc1F)N1CCC[C@H](O)C1. The van der Waals surface area contributed by atoms with Crippen LogP contribution in [0, 0.1) is 17.5 Å². The molecule has 4 nitrogen and oxygen atoms in total. The van der Waals surface area contributed by atoms with Crippen LogP contribution >= 0.6 is 0 Å². The highest BCUT2D eigenvalue weighted by atomic mass is 32.2. The number of halogens is 3. The third-order valence-electron chi connectivity index (χ3n) is 2.92. The average molecular weight is 295 g/mol. The zero-order valence-corrected chi connectivity index (χ0v) is 10.6. The molecule has 0 radical (unpaired) electrons. The number of benzene rings is 1. The van der Waals surface area contributed by atoms with E-state index in [1.165, 1.54) is 0 Å². The second-order valence-corrected chi connectivity index (χ2v) is 6.23. The van der Waals surface area contributed by atoms with Crippen LogP contribution < -0.4 is 0 Å². The Hall–Kier alpha value is -1.12. The molecule has 0 aromatic heterocycles. The van der Waals surface area contributed by atoms with Crippen LogP contribution in [0.1, 0.15) is 12.8 Å². The first-order valence-corrected chi connectivity index (χ1v) is 7.09. The van der Waals surface area contributed by atoms with E-state index in [2.05, 4.69) is 0 Å². The number of rotatable bonds is 2. The van der Waals surface area contributed by atoms with Gasteiger partial charge in [-0.05, 0) is 12.8 Å². The van der Waals surface area contributed by atoms with Gasteiger partial charge in [0, 0.05) is 25.2 Å². The number of sulfonamides is 1. The van der Waals surface area contributed by atoms with Gasteiger partial charge in [0.2, 0.25) is 10.0 Å². The van der Waals surface area contributed by atoms with Crippen LogP contribution in [0.25, 0.3) is 0 Å². The van der Waals surface area contributed by atoms with Gasteiger partial charge in [0.05, 0.1) is 6.10 Å². The molecule has 0 amide bonds. The highest BCUT2D eigenvalue weighted by molar-refractivity contribution is 7.89. The van der Waals surface area contributed by atoms with Gasteiger partial charge in [-0.1, -0.05) is 0 Å². The summed E-state index contributed by atoms with van der Waals surface area (Å²) in [6.07, 6.45) is -0.0410. The molecule has 1 saturated heterocycles. The lowest BCUT2D eigenvalue weighted by molar-refractivity contribution is 0.107. The molecule has 0 saturated carbocycles. The Morgan fingerprint density at radius 1 is 1.21 bits per heavy atom. The maximum atomic E-state index is 13.5. The first kappa shape index (κ1) is 14.3. The molecule has 1 fully saturated rings. The number of β-amino-alcohol motifs (C(OH)–C–C–N with tert-alkyl or cyclic N) is 1. The number of nitrogens with zero attached hydrogens (tertiary/aromatic N) is 1. The van der Waals surface area contributed by atoms with Crippen molar-refractivity contribution in [1.82, 2.24) is 4.31 Å². The largest absolute Gasteiger partial charge is 0.392 e. The first-order valence-electron chi connectivity index (χ1n) is 5.65.